The number of hydrogen-bond acceptors (Lipinski definition) is 4. The monoisotopic (exact) mass is 474 g/mol. The average molecular weight is 475 g/mol. The van der Waals surface area contributed by atoms with Gasteiger partial charge >= 0.3 is 0 Å². The van der Waals surface area contributed by atoms with E-state index >= 15 is 0 Å². The predicted octanol–water partition coefficient (Wildman–Crippen LogP) is 7.35. The molecule has 1 N–H and O–H groups in total. The molecule has 0 fully saturated rings. The van der Waals surface area contributed by atoms with Crippen molar-refractivity contribution in [2.24, 2.45) is 0 Å². The molecule has 0 bridgehead atoms. The van der Waals surface area contributed by atoms with E-state index in [0.717, 1.165) is 33.0 Å². The molecule has 3 aromatic carbocycles. The number of rotatable bonds is 7. The van der Waals surface area contributed by atoms with Crippen LogP contribution in [0.2, 0.25) is 5.02 Å². The quantitative estimate of drug-likeness (QED) is 0.285. The molecule has 33 heavy (non-hydrogen) atoms. The number of benzene rings is 3. The highest BCUT2D eigenvalue weighted by Gasteiger charge is 2.11. The van der Waals surface area contributed by atoms with E-state index in [1.54, 1.807) is 11.3 Å². The molecule has 166 valence electrons. The van der Waals surface area contributed by atoms with Crippen LogP contribution >= 0.6 is 22.9 Å². The van der Waals surface area contributed by atoms with E-state index < -0.39 is 0 Å². The second-order valence-corrected chi connectivity index (χ2v) is 9.19. The molecular formula is C27H23ClN2O2S. The molecule has 1 heterocycles. The summed E-state index contributed by atoms with van der Waals surface area (Å²) in [6, 6.07) is 20.8. The van der Waals surface area contributed by atoms with Crippen molar-refractivity contribution in [2.75, 3.05) is 5.32 Å². The standard InChI is InChI=1S/C27H23ClN2O2S/c1-17-3-4-21(15-18(17)2)25(31)13-14-26(32)29-23-11-7-19(8-12-23)24-16-33-27(30-24)20-5-9-22(28)10-6-20/h3-12,15-16H,13-14H2,1-2H3,(H,29,32). The van der Waals surface area contributed by atoms with Crippen molar-refractivity contribution in [3.8, 4) is 21.8 Å². The van der Waals surface area contributed by atoms with Crippen LogP contribution in [-0.2, 0) is 4.79 Å². The van der Waals surface area contributed by atoms with E-state index in [-0.39, 0.29) is 24.5 Å². The lowest BCUT2D eigenvalue weighted by atomic mass is 10.0. The number of nitrogens with zero attached hydrogens (tertiary/aromatic N) is 1. The van der Waals surface area contributed by atoms with Crippen molar-refractivity contribution in [3.63, 3.8) is 0 Å². The number of amides is 1. The van der Waals surface area contributed by atoms with Crippen LogP contribution < -0.4 is 5.32 Å². The zero-order chi connectivity index (χ0) is 23.4. The number of nitrogens with one attached hydrogen (secondary N) is 1. The Morgan fingerprint density at radius 3 is 2.27 bits per heavy atom. The lowest BCUT2D eigenvalue weighted by Gasteiger charge is -2.07. The molecule has 0 aliphatic carbocycles. The number of thiazole rings is 1. The van der Waals surface area contributed by atoms with Crippen molar-refractivity contribution >= 4 is 40.3 Å². The third kappa shape index (κ3) is 5.75. The summed E-state index contributed by atoms with van der Waals surface area (Å²) in [4.78, 5) is 29.4. The number of anilines is 1. The molecule has 0 saturated carbocycles. The molecule has 1 aromatic heterocycles. The summed E-state index contributed by atoms with van der Waals surface area (Å²) < 4.78 is 0. The fourth-order valence-corrected chi connectivity index (χ4v) is 4.33. The van der Waals surface area contributed by atoms with Crippen LogP contribution in [0.15, 0.2) is 72.1 Å². The molecular weight excluding hydrogens is 452 g/mol. The number of Topliss-reactive ketones (excluding diaryl/α,β-unsaturated/α-hetero) is 1. The molecule has 4 nitrogen and oxygen atoms in total. The molecule has 6 heteroatoms. The zero-order valence-electron chi connectivity index (χ0n) is 18.4. The number of hydrogen-bond donors (Lipinski definition) is 1. The summed E-state index contributed by atoms with van der Waals surface area (Å²) in [7, 11) is 0. The van der Waals surface area contributed by atoms with Gasteiger partial charge in [0.25, 0.3) is 0 Å². The van der Waals surface area contributed by atoms with Crippen LogP contribution in [0.3, 0.4) is 0 Å². The summed E-state index contributed by atoms with van der Waals surface area (Å²) in [5.41, 5.74) is 6.43. The molecule has 0 saturated heterocycles. The Bertz CT molecular complexity index is 1290. The fraction of sp³-hybridized carbons (Fsp3) is 0.148. The van der Waals surface area contributed by atoms with Gasteiger partial charge < -0.3 is 5.32 Å². The molecule has 0 radical (unpaired) electrons. The molecule has 0 unspecified atom stereocenters. The van der Waals surface area contributed by atoms with Crippen molar-refractivity contribution in [3.05, 3.63) is 93.8 Å². The minimum Gasteiger partial charge on any atom is -0.326 e. The van der Waals surface area contributed by atoms with E-state index in [1.165, 1.54) is 0 Å². The fourth-order valence-electron chi connectivity index (χ4n) is 3.37. The Labute approximate surface area is 202 Å². The summed E-state index contributed by atoms with van der Waals surface area (Å²) in [6.45, 7) is 3.99. The van der Waals surface area contributed by atoms with Crippen LogP contribution in [-0.4, -0.2) is 16.7 Å². The number of ketones is 1. The Morgan fingerprint density at radius 2 is 1.58 bits per heavy atom. The van der Waals surface area contributed by atoms with Gasteiger partial charge in [-0.2, -0.15) is 0 Å². The maximum atomic E-state index is 12.4. The SMILES string of the molecule is Cc1ccc(C(=O)CCC(=O)Nc2ccc(-c3csc(-c4ccc(Cl)cc4)n3)cc2)cc1C. The van der Waals surface area contributed by atoms with Gasteiger partial charge in [-0.25, -0.2) is 4.98 Å². The van der Waals surface area contributed by atoms with E-state index in [9.17, 15) is 9.59 Å². The third-order valence-electron chi connectivity index (χ3n) is 5.47. The number of carbonyl (C=O) groups excluding carboxylic acids is 2. The van der Waals surface area contributed by atoms with Crippen molar-refractivity contribution in [1.29, 1.82) is 0 Å². The van der Waals surface area contributed by atoms with Crippen LogP contribution in [0.1, 0.15) is 34.3 Å². The molecule has 1 amide bonds. The van der Waals surface area contributed by atoms with Gasteiger partial charge in [0.05, 0.1) is 5.69 Å². The first-order valence-corrected chi connectivity index (χ1v) is 11.9. The molecule has 0 spiro atoms. The van der Waals surface area contributed by atoms with Gasteiger partial charge in [0.2, 0.25) is 5.91 Å². The first-order chi connectivity index (χ1) is 15.9. The number of halogens is 1. The second kappa shape index (κ2) is 10.1. The minimum atomic E-state index is -0.182. The highest BCUT2D eigenvalue weighted by molar-refractivity contribution is 7.13. The Balaban J connectivity index is 1.33. The van der Waals surface area contributed by atoms with Crippen molar-refractivity contribution in [2.45, 2.75) is 26.7 Å². The van der Waals surface area contributed by atoms with Gasteiger partial charge in [0.1, 0.15) is 5.01 Å². The number of aryl methyl sites for hydroxylation is 2. The molecule has 0 atom stereocenters. The Morgan fingerprint density at radius 1 is 0.879 bits per heavy atom. The summed E-state index contributed by atoms with van der Waals surface area (Å²) in [5, 5.41) is 6.49. The minimum absolute atomic E-state index is 0.0244. The van der Waals surface area contributed by atoms with Gasteiger partial charge in [-0.1, -0.05) is 48.0 Å². The third-order valence-corrected chi connectivity index (χ3v) is 6.61. The van der Waals surface area contributed by atoms with Gasteiger partial charge in [-0.15, -0.1) is 11.3 Å². The molecule has 4 rings (SSSR count). The molecule has 0 aliphatic heterocycles. The van der Waals surface area contributed by atoms with E-state index in [4.69, 9.17) is 16.6 Å². The number of carbonyl (C=O) groups is 2. The molecule has 4 aromatic rings. The van der Waals surface area contributed by atoms with Crippen LogP contribution in [0.25, 0.3) is 21.8 Å². The normalized spacial score (nSPS) is 10.8. The first kappa shape index (κ1) is 22.9. The van der Waals surface area contributed by atoms with Crippen LogP contribution in [0.4, 0.5) is 5.69 Å². The highest BCUT2D eigenvalue weighted by Crippen LogP contribution is 2.30. The topological polar surface area (TPSA) is 59.1 Å². The van der Waals surface area contributed by atoms with E-state index in [2.05, 4.69) is 5.32 Å². The van der Waals surface area contributed by atoms with Gasteiger partial charge in [0, 0.05) is 45.6 Å². The van der Waals surface area contributed by atoms with Gasteiger partial charge in [-0.05, 0) is 55.3 Å². The van der Waals surface area contributed by atoms with E-state index in [0.29, 0.717) is 16.3 Å². The highest BCUT2D eigenvalue weighted by atomic mass is 35.5. The summed E-state index contributed by atoms with van der Waals surface area (Å²) in [5.74, 6) is -0.206. The lowest BCUT2D eigenvalue weighted by molar-refractivity contribution is -0.116. The van der Waals surface area contributed by atoms with Gasteiger partial charge in [-0.3, -0.25) is 9.59 Å². The first-order valence-electron chi connectivity index (χ1n) is 10.6. The summed E-state index contributed by atoms with van der Waals surface area (Å²) >= 11 is 7.53. The maximum Gasteiger partial charge on any atom is 0.224 e. The van der Waals surface area contributed by atoms with E-state index in [1.807, 2.05) is 86.0 Å². The maximum absolute atomic E-state index is 12.4. The lowest BCUT2D eigenvalue weighted by Crippen LogP contribution is -2.13. The largest absolute Gasteiger partial charge is 0.326 e. The smallest absolute Gasteiger partial charge is 0.224 e. The average Bonchev–Trinajstić information content (AvgIpc) is 3.30. The molecule has 0 aliphatic rings. The summed E-state index contributed by atoms with van der Waals surface area (Å²) in [6.07, 6.45) is 0.322. The predicted molar refractivity (Wildman–Crippen MR) is 136 cm³/mol. The Kier molecular flexibility index (Phi) is 7.02. The Hall–Kier alpha value is -3.28. The van der Waals surface area contributed by atoms with Crippen molar-refractivity contribution in [1.82, 2.24) is 4.98 Å². The zero-order valence-corrected chi connectivity index (χ0v) is 20.0. The van der Waals surface area contributed by atoms with Crippen LogP contribution in [0.5, 0.6) is 0 Å². The number of aromatic nitrogens is 1. The van der Waals surface area contributed by atoms with Crippen LogP contribution in [0, 0.1) is 13.8 Å². The van der Waals surface area contributed by atoms with Gasteiger partial charge in [0.15, 0.2) is 5.78 Å². The second-order valence-electron chi connectivity index (χ2n) is 7.89. The van der Waals surface area contributed by atoms with Crippen molar-refractivity contribution < 1.29 is 9.59 Å².